The highest BCUT2D eigenvalue weighted by molar-refractivity contribution is 7.91. The molecule has 0 spiro atoms. The van der Waals surface area contributed by atoms with Crippen molar-refractivity contribution in [3.8, 4) is 0 Å². The van der Waals surface area contributed by atoms with E-state index in [9.17, 15) is 8.42 Å². The van der Waals surface area contributed by atoms with Gasteiger partial charge in [-0.2, -0.15) is 0 Å². The third kappa shape index (κ3) is 8.57. The highest BCUT2D eigenvalue weighted by atomic mass is 32.2. The molecule has 0 heterocycles. The average Bonchev–Trinajstić information content (AvgIpc) is 2.26. The Morgan fingerprint density at radius 1 is 1.18 bits per heavy atom. The second-order valence-corrected chi connectivity index (χ2v) is 6.94. The third-order valence-corrected chi connectivity index (χ3v) is 4.95. The number of hydrogen-bond donors (Lipinski definition) is 1. The first-order valence-electron chi connectivity index (χ1n) is 6.54. The van der Waals surface area contributed by atoms with Crippen molar-refractivity contribution in [3.05, 3.63) is 0 Å². The van der Waals surface area contributed by atoms with Gasteiger partial charge in [0.25, 0.3) is 0 Å². The summed E-state index contributed by atoms with van der Waals surface area (Å²) in [6.07, 6.45) is 1.85. The van der Waals surface area contributed by atoms with E-state index in [1.165, 1.54) is 0 Å². The van der Waals surface area contributed by atoms with E-state index in [2.05, 4.69) is 31.1 Å². The first kappa shape index (κ1) is 16.9. The van der Waals surface area contributed by atoms with Gasteiger partial charge in [0.05, 0.1) is 5.75 Å². The largest absolute Gasteiger partial charge is 0.314 e. The van der Waals surface area contributed by atoms with E-state index in [1.807, 2.05) is 6.92 Å². The zero-order valence-electron chi connectivity index (χ0n) is 11.7. The molecule has 0 aliphatic carbocycles. The van der Waals surface area contributed by atoms with Gasteiger partial charge in [-0.3, -0.25) is 0 Å². The predicted octanol–water partition coefficient (Wildman–Crippen LogP) is 1.13. The highest BCUT2D eigenvalue weighted by Gasteiger charge is 2.09. The molecule has 0 aliphatic heterocycles. The lowest BCUT2D eigenvalue weighted by atomic mass is 10.2. The summed E-state index contributed by atoms with van der Waals surface area (Å²) in [5, 5.41) is 3.19. The first-order chi connectivity index (χ1) is 7.93. The zero-order valence-corrected chi connectivity index (χ0v) is 12.5. The molecule has 0 aliphatic rings. The van der Waals surface area contributed by atoms with Crippen LogP contribution in [0.4, 0.5) is 0 Å². The van der Waals surface area contributed by atoms with Crippen LogP contribution in [0.2, 0.25) is 0 Å². The van der Waals surface area contributed by atoms with E-state index in [1.54, 1.807) is 0 Å². The fourth-order valence-electron chi connectivity index (χ4n) is 1.55. The van der Waals surface area contributed by atoms with Crippen LogP contribution in [0, 0.1) is 0 Å². The lowest BCUT2D eigenvalue weighted by Crippen LogP contribution is -2.36. The summed E-state index contributed by atoms with van der Waals surface area (Å²) in [4.78, 5) is 2.29. The van der Waals surface area contributed by atoms with Crippen molar-refractivity contribution in [3.63, 3.8) is 0 Å². The minimum Gasteiger partial charge on any atom is -0.314 e. The molecule has 1 unspecified atom stereocenters. The molecule has 1 atom stereocenters. The Hall–Kier alpha value is -0.130. The van der Waals surface area contributed by atoms with Gasteiger partial charge in [-0.1, -0.05) is 13.8 Å². The minimum atomic E-state index is -2.83. The summed E-state index contributed by atoms with van der Waals surface area (Å²) in [5.74, 6) is 0.565. The van der Waals surface area contributed by atoms with Gasteiger partial charge >= 0.3 is 0 Å². The maximum atomic E-state index is 11.4. The highest BCUT2D eigenvalue weighted by Crippen LogP contribution is 1.98. The Morgan fingerprint density at radius 3 is 2.35 bits per heavy atom. The first-order valence-corrected chi connectivity index (χ1v) is 8.36. The summed E-state index contributed by atoms with van der Waals surface area (Å²) in [7, 11) is -0.729. The predicted molar refractivity (Wildman–Crippen MR) is 74.2 cm³/mol. The van der Waals surface area contributed by atoms with Crippen molar-refractivity contribution in [2.45, 2.75) is 39.7 Å². The molecule has 0 saturated carbocycles. The Kier molecular flexibility index (Phi) is 8.82. The van der Waals surface area contributed by atoms with Crippen LogP contribution in [0.5, 0.6) is 0 Å². The molecule has 0 radical (unpaired) electrons. The molecular formula is C12H28N2O2S. The van der Waals surface area contributed by atoms with E-state index in [-0.39, 0.29) is 5.75 Å². The van der Waals surface area contributed by atoms with Crippen LogP contribution in [-0.2, 0) is 9.84 Å². The Morgan fingerprint density at radius 2 is 1.82 bits per heavy atom. The topological polar surface area (TPSA) is 49.4 Å². The van der Waals surface area contributed by atoms with E-state index in [4.69, 9.17) is 0 Å². The lowest BCUT2D eigenvalue weighted by Gasteiger charge is -2.23. The number of hydrogen-bond acceptors (Lipinski definition) is 4. The van der Waals surface area contributed by atoms with E-state index in [0.29, 0.717) is 24.8 Å². The quantitative estimate of drug-likeness (QED) is 0.601. The molecule has 0 aromatic carbocycles. The fourth-order valence-corrected chi connectivity index (χ4v) is 2.83. The summed E-state index contributed by atoms with van der Waals surface area (Å²) in [5.41, 5.74) is 0. The number of nitrogens with zero attached hydrogens (tertiary/aromatic N) is 1. The van der Waals surface area contributed by atoms with Gasteiger partial charge in [0.1, 0.15) is 0 Å². The molecular weight excluding hydrogens is 236 g/mol. The smallest absolute Gasteiger partial charge is 0.151 e. The molecule has 5 heteroatoms. The normalized spacial score (nSPS) is 14.2. The number of sulfone groups is 1. The maximum absolute atomic E-state index is 11.4. The van der Waals surface area contributed by atoms with Crippen LogP contribution in [0.3, 0.4) is 0 Å². The number of nitrogens with one attached hydrogen (secondary N) is 1. The van der Waals surface area contributed by atoms with E-state index in [0.717, 1.165) is 19.5 Å². The average molecular weight is 264 g/mol. The molecule has 4 nitrogen and oxygen atoms in total. The Balaban J connectivity index is 3.59. The van der Waals surface area contributed by atoms with Crippen molar-refractivity contribution < 1.29 is 8.42 Å². The van der Waals surface area contributed by atoms with Gasteiger partial charge in [0.2, 0.25) is 0 Å². The van der Waals surface area contributed by atoms with E-state index < -0.39 is 9.84 Å². The van der Waals surface area contributed by atoms with Gasteiger partial charge in [0.15, 0.2) is 9.84 Å². The van der Waals surface area contributed by atoms with Crippen LogP contribution >= 0.6 is 0 Å². The molecule has 0 fully saturated rings. The Labute approximate surface area is 107 Å². The maximum Gasteiger partial charge on any atom is 0.151 e. The fraction of sp³-hybridized carbons (Fsp3) is 1.00. The standard InChI is InChI=1S/C12H28N2O2S/c1-5-10-17(15,16)11-8-13-7-9-14(4)12(3)6-2/h12-13H,5-11H2,1-4H3. The van der Waals surface area contributed by atoms with Gasteiger partial charge in [-0.15, -0.1) is 0 Å². The molecule has 17 heavy (non-hydrogen) atoms. The Bertz CT molecular complexity index is 278. The van der Waals surface area contributed by atoms with Crippen molar-refractivity contribution in [2.75, 3.05) is 38.2 Å². The number of rotatable bonds is 10. The molecule has 0 aromatic rings. The number of likely N-dealkylation sites (N-methyl/N-ethyl adjacent to an activating group) is 1. The van der Waals surface area contributed by atoms with Crippen LogP contribution in [0.25, 0.3) is 0 Å². The van der Waals surface area contributed by atoms with Gasteiger partial charge in [-0.05, 0) is 26.8 Å². The summed E-state index contributed by atoms with van der Waals surface area (Å²) >= 11 is 0. The van der Waals surface area contributed by atoms with Gasteiger partial charge < -0.3 is 10.2 Å². The molecule has 1 N–H and O–H groups in total. The van der Waals surface area contributed by atoms with Crippen LogP contribution in [0.1, 0.15) is 33.6 Å². The summed E-state index contributed by atoms with van der Waals surface area (Å²) < 4.78 is 22.9. The van der Waals surface area contributed by atoms with Crippen molar-refractivity contribution >= 4 is 9.84 Å². The van der Waals surface area contributed by atoms with Gasteiger partial charge in [0, 0.05) is 31.4 Å². The van der Waals surface area contributed by atoms with Crippen molar-refractivity contribution in [2.24, 2.45) is 0 Å². The van der Waals surface area contributed by atoms with Crippen LogP contribution in [0.15, 0.2) is 0 Å². The molecule has 0 rings (SSSR count). The molecule has 0 amide bonds. The SMILES string of the molecule is CCCS(=O)(=O)CCNCCN(C)C(C)CC. The van der Waals surface area contributed by atoms with Crippen molar-refractivity contribution in [1.82, 2.24) is 10.2 Å². The molecule has 0 saturated heterocycles. The van der Waals surface area contributed by atoms with Gasteiger partial charge in [-0.25, -0.2) is 8.42 Å². The second-order valence-electron chi connectivity index (χ2n) is 4.64. The summed E-state index contributed by atoms with van der Waals surface area (Å²) in [6, 6.07) is 0.584. The molecule has 0 bridgehead atoms. The molecule has 104 valence electrons. The summed E-state index contributed by atoms with van der Waals surface area (Å²) in [6.45, 7) is 8.64. The van der Waals surface area contributed by atoms with E-state index >= 15 is 0 Å². The minimum absolute atomic E-state index is 0.258. The molecule has 0 aromatic heterocycles. The zero-order chi connectivity index (χ0) is 13.3. The van der Waals surface area contributed by atoms with Crippen LogP contribution < -0.4 is 5.32 Å². The van der Waals surface area contributed by atoms with Crippen molar-refractivity contribution in [1.29, 1.82) is 0 Å². The van der Waals surface area contributed by atoms with Crippen LogP contribution in [-0.4, -0.2) is 57.5 Å². The lowest BCUT2D eigenvalue weighted by molar-refractivity contribution is 0.252. The second kappa shape index (κ2) is 8.89. The monoisotopic (exact) mass is 264 g/mol. The third-order valence-electron chi connectivity index (χ3n) is 3.09.